The maximum atomic E-state index is 5.54. The third kappa shape index (κ3) is 2.45. The van der Waals surface area contributed by atoms with Crippen LogP contribution >= 0.6 is 0 Å². The lowest BCUT2D eigenvalue weighted by molar-refractivity contribution is 0.357. The molecule has 21 heavy (non-hydrogen) atoms. The molecule has 3 aromatic rings. The Morgan fingerprint density at radius 3 is 2.76 bits per heavy atom. The van der Waals surface area contributed by atoms with E-state index >= 15 is 0 Å². The molecule has 3 aromatic carbocycles. The fourth-order valence-corrected chi connectivity index (χ4v) is 2.85. The molecule has 4 rings (SSSR count). The predicted molar refractivity (Wildman–Crippen MR) is 86.9 cm³/mol. The van der Waals surface area contributed by atoms with Crippen molar-refractivity contribution >= 4 is 16.5 Å². The second-order valence-corrected chi connectivity index (χ2v) is 5.46. The van der Waals surface area contributed by atoms with E-state index in [4.69, 9.17) is 4.74 Å². The molecule has 0 radical (unpaired) electrons. The van der Waals surface area contributed by atoms with Gasteiger partial charge in [-0.1, -0.05) is 36.4 Å². The smallest absolute Gasteiger partial charge is 0.122 e. The third-order valence-corrected chi connectivity index (χ3v) is 4.00. The van der Waals surface area contributed by atoms with Gasteiger partial charge in [0.25, 0.3) is 0 Å². The largest absolute Gasteiger partial charge is 0.493 e. The molecule has 0 aromatic heterocycles. The Bertz CT molecular complexity index is 794. The van der Waals surface area contributed by atoms with Crippen LogP contribution in [0.2, 0.25) is 0 Å². The Morgan fingerprint density at radius 1 is 0.905 bits per heavy atom. The Kier molecular flexibility index (Phi) is 3.00. The minimum Gasteiger partial charge on any atom is -0.493 e. The number of benzene rings is 3. The zero-order chi connectivity index (χ0) is 14.1. The van der Waals surface area contributed by atoms with Gasteiger partial charge in [0.2, 0.25) is 0 Å². The molecule has 0 aliphatic carbocycles. The first-order valence-corrected chi connectivity index (χ1v) is 7.36. The van der Waals surface area contributed by atoms with Crippen molar-refractivity contribution in [1.29, 1.82) is 0 Å². The summed E-state index contributed by atoms with van der Waals surface area (Å²) in [5, 5.41) is 6.08. The quantitative estimate of drug-likeness (QED) is 0.765. The highest BCUT2D eigenvalue weighted by molar-refractivity contribution is 5.83. The maximum Gasteiger partial charge on any atom is 0.122 e. The average Bonchev–Trinajstić information content (AvgIpc) is 3.00. The van der Waals surface area contributed by atoms with E-state index in [9.17, 15) is 0 Å². The van der Waals surface area contributed by atoms with Crippen LogP contribution in [-0.2, 0) is 13.0 Å². The van der Waals surface area contributed by atoms with E-state index in [0.717, 1.165) is 31.0 Å². The molecule has 0 saturated heterocycles. The molecule has 0 unspecified atom stereocenters. The Morgan fingerprint density at radius 2 is 1.81 bits per heavy atom. The van der Waals surface area contributed by atoms with Crippen LogP contribution in [0.5, 0.6) is 5.75 Å². The molecule has 1 aliphatic rings. The summed E-state index contributed by atoms with van der Waals surface area (Å²) in [5.41, 5.74) is 3.76. The first kappa shape index (κ1) is 12.3. The summed E-state index contributed by atoms with van der Waals surface area (Å²) >= 11 is 0. The molecule has 0 fully saturated rings. The molecular formula is C19H17NO. The van der Waals surface area contributed by atoms with Gasteiger partial charge in [0.05, 0.1) is 6.61 Å². The summed E-state index contributed by atoms with van der Waals surface area (Å²) in [6, 6.07) is 21.4. The summed E-state index contributed by atoms with van der Waals surface area (Å²) in [6.07, 6.45) is 1.01. The van der Waals surface area contributed by atoms with Crippen LogP contribution in [0, 0.1) is 0 Å². The Labute approximate surface area is 124 Å². The van der Waals surface area contributed by atoms with Gasteiger partial charge in [0.1, 0.15) is 5.75 Å². The fraction of sp³-hybridized carbons (Fsp3) is 0.158. The molecule has 0 atom stereocenters. The van der Waals surface area contributed by atoms with Gasteiger partial charge in [-0.15, -0.1) is 0 Å². The van der Waals surface area contributed by atoms with E-state index in [1.807, 2.05) is 0 Å². The lowest BCUT2D eigenvalue weighted by atomic mass is 10.1. The van der Waals surface area contributed by atoms with Crippen LogP contribution in [0.3, 0.4) is 0 Å². The topological polar surface area (TPSA) is 21.3 Å². The molecule has 0 amide bonds. The number of anilines is 1. The van der Waals surface area contributed by atoms with Crippen molar-refractivity contribution in [3.05, 3.63) is 71.8 Å². The van der Waals surface area contributed by atoms with E-state index in [2.05, 4.69) is 66.0 Å². The van der Waals surface area contributed by atoms with Gasteiger partial charge in [-0.05, 0) is 46.2 Å². The summed E-state index contributed by atoms with van der Waals surface area (Å²) in [7, 11) is 0. The molecule has 2 nitrogen and oxygen atoms in total. The average molecular weight is 275 g/mol. The molecule has 0 saturated carbocycles. The second kappa shape index (κ2) is 5.13. The van der Waals surface area contributed by atoms with Crippen molar-refractivity contribution in [3.63, 3.8) is 0 Å². The first-order valence-electron chi connectivity index (χ1n) is 7.36. The van der Waals surface area contributed by atoms with Crippen LogP contribution in [0.25, 0.3) is 10.8 Å². The normalized spacial score (nSPS) is 13.0. The second-order valence-electron chi connectivity index (χ2n) is 5.46. The molecule has 2 heteroatoms. The monoisotopic (exact) mass is 275 g/mol. The van der Waals surface area contributed by atoms with E-state index in [-0.39, 0.29) is 0 Å². The van der Waals surface area contributed by atoms with E-state index in [1.165, 1.54) is 21.9 Å². The fourth-order valence-electron chi connectivity index (χ4n) is 2.85. The number of rotatable bonds is 3. The van der Waals surface area contributed by atoms with Gasteiger partial charge in [-0.3, -0.25) is 0 Å². The van der Waals surface area contributed by atoms with Gasteiger partial charge in [-0.2, -0.15) is 0 Å². The lowest BCUT2D eigenvalue weighted by Gasteiger charge is -2.09. The zero-order valence-electron chi connectivity index (χ0n) is 11.8. The molecule has 0 bridgehead atoms. The number of hydrogen-bond acceptors (Lipinski definition) is 2. The number of fused-ring (bicyclic) bond motifs is 2. The minimum atomic E-state index is 0.809. The van der Waals surface area contributed by atoms with Crippen molar-refractivity contribution in [1.82, 2.24) is 0 Å². The molecule has 1 N–H and O–H groups in total. The van der Waals surface area contributed by atoms with Crippen molar-refractivity contribution in [2.24, 2.45) is 0 Å². The Hall–Kier alpha value is -2.48. The van der Waals surface area contributed by atoms with Crippen LogP contribution in [0.1, 0.15) is 11.1 Å². The molecule has 1 heterocycles. The predicted octanol–water partition coefficient (Wildman–Crippen LogP) is 4.39. The van der Waals surface area contributed by atoms with E-state index in [1.54, 1.807) is 0 Å². The third-order valence-electron chi connectivity index (χ3n) is 4.00. The summed E-state index contributed by atoms with van der Waals surface area (Å²) < 4.78 is 5.54. The lowest BCUT2D eigenvalue weighted by Crippen LogP contribution is -1.99. The highest BCUT2D eigenvalue weighted by Crippen LogP contribution is 2.28. The molecule has 1 aliphatic heterocycles. The van der Waals surface area contributed by atoms with Crippen LogP contribution in [0.4, 0.5) is 5.69 Å². The van der Waals surface area contributed by atoms with Gasteiger partial charge in [0, 0.05) is 18.7 Å². The Balaban J connectivity index is 1.52. The van der Waals surface area contributed by atoms with Gasteiger partial charge in [0.15, 0.2) is 0 Å². The number of hydrogen-bond donors (Lipinski definition) is 1. The first-order chi connectivity index (χ1) is 10.4. The minimum absolute atomic E-state index is 0.809. The van der Waals surface area contributed by atoms with Crippen LogP contribution in [-0.4, -0.2) is 6.61 Å². The van der Waals surface area contributed by atoms with Crippen LogP contribution < -0.4 is 10.1 Å². The number of nitrogens with one attached hydrogen (secondary N) is 1. The van der Waals surface area contributed by atoms with Crippen molar-refractivity contribution in [2.45, 2.75) is 13.0 Å². The highest BCUT2D eigenvalue weighted by Gasteiger charge is 2.11. The molecule has 104 valence electrons. The standard InChI is InChI=1S/C19H17NO/c1-2-4-16-11-14(5-6-15(16)3-1)13-20-18-7-8-19-17(12-18)9-10-21-19/h1-8,11-12,20H,9-10,13H2. The molecular weight excluding hydrogens is 258 g/mol. The van der Waals surface area contributed by atoms with Crippen LogP contribution in [0.15, 0.2) is 60.7 Å². The SMILES string of the molecule is c1ccc2cc(CNc3ccc4c(c3)CCO4)ccc2c1. The summed E-state index contributed by atoms with van der Waals surface area (Å²) in [4.78, 5) is 0. The van der Waals surface area contributed by atoms with Gasteiger partial charge < -0.3 is 10.1 Å². The van der Waals surface area contributed by atoms with E-state index < -0.39 is 0 Å². The van der Waals surface area contributed by atoms with Crippen molar-refractivity contribution in [3.8, 4) is 5.75 Å². The number of ether oxygens (including phenoxy) is 1. The van der Waals surface area contributed by atoms with Crippen molar-refractivity contribution < 1.29 is 4.74 Å². The zero-order valence-corrected chi connectivity index (χ0v) is 11.8. The maximum absolute atomic E-state index is 5.54. The highest BCUT2D eigenvalue weighted by atomic mass is 16.5. The van der Waals surface area contributed by atoms with E-state index in [0.29, 0.717) is 0 Å². The van der Waals surface area contributed by atoms with Crippen molar-refractivity contribution in [2.75, 3.05) is 11.9 Å². The summed E-state index contributed by atoms with van der Waals surface area (Å²) in [5.74, 6) is 1.03. The van der Waals surface area contributed by atoms with Gasteiger partial charge in [-0.25, -0.2) is 0 Å². The van der Waals surface area contributed by atoms with Gasteiger partial charge >= 0.3 is 0 Å². The summed E-state index contributed by atoms with van der Waals surface area (Å²) in [6.45, 7) is 1.65. The molecule has 0 spiro atoms.